The molecule has 0 aromatic carbocycles. The fourth-order valence-corrected chi connectivity index (χ4v) is 3.18. The molecule has 0 aliphatic carbocycles. The predicted molar refractivity (Wildman–Crippen MR) is 74.5 cm³/mol. The van der Waals surface area contributed by atoms with Gasteiger partial charge < -0.3 is 0 Å². The number of aromatic nitrogens is 4. The van der Waals surface area contributed by atoms with Crippen molar-refractivity contribution in [1.29, 1.82) is 0 Å². The average molecular weight is 300 g/mol. The summed E-state index contributed by atoms with van der Waals surface area (Å²) < 4.78 is 0. The molecular weight excluding hydrogens is 296 g/mol. The first-order chi connectivity index (χ1) is 9.75. The van der Waals surface area contributed by atoms with Crippen LogP contribution in [-0.4, -0.2) is 19.9 Å². The molecule has 0 saturated carbocycles. The van der Waals surface area contributed by atoms with Crippen LogP contribution in [-0.2, 0) is 0 Å². The maximum Gasteiger partial charge on any atom is 0.280 e. The van der Waals surface area contributed by atoms with E-state index in [1.165, 1.54) is 22.7 Å². The lowest BCUT2D eigenvalue weighted by atomic mass is 10.2. The summed E-state index contributed by atoms with van der Waals surface area (Å²) >= 11 is 2.75. The van der Waals surface area contributed by atoms with Crippen LogP contribution in [0.4, 0.5) is 0 Å². The van der Waals surface area contributed by atoms with Gasteiger partial charge in [-0.1, -0.05) is 0 Å². The highest BCUT2D eigenvalue weighted by Gasteiger charge is 2.20. The van der Waals surface area contributed by atoms with Gasteiger partial charge in [0.15, 0.2) is 0 Å². The number of hydrogen-bond acceptors (Lipinski definition) is 8. The molecule has 0 atom stereocenters. The molecule has 0 radical (unpaired) electrons. The molecule has 4 rings (SSSR count). The van der Waals surface area contributed by atoms with E-state index in [0.29, 0.717) is 22.8 Å². The Kier molecular flexibility index (Phi) is 2.35. The van der Waals surface area contributed by atoms with Crippen molar-refractivity contribution in [2.45, 2.75) is 0 Å². The van der Waals surface area contributed by atoms with E-state index in [4.69, 9.17) is 0 Å². The molecule has 0 spiro atoms. The summed E-state index contributed by atoms with van der Waals surface area (Å²) in [5.41, 5.74) is 4.01. The van der Waals surface area contributed by atoms with Crippen molar-refractivity contribution >= 4 is 22.7 Å². The highest BCUT2D eigenvalue weighted by Crippen LogP contribution is 2.22. The van der Waals surface area contributed by atoms with Gasteiger partial charge in [0.1, 0.15) is 22.8 Å². The first kappa shape index (κ1) is 11.5. The zero-order valence-electron chi connectivity index (χ0n) is 9.73. The van der Waals surface area contributed by atoms with Crippen LogP contribution >= 0.6 is 22.7 Å². The SMILES string of the molecule is O=c1nc(-c2cscn2)c2c(=O)nc(-c3cscn3)c1=2. The number of rotatable bonds is 2. The minimum absolute atomic E-state index is 0.240. The molecule has 0 saturated heterocycles. The quantitative estimate of drug-likeness (QED) is 0.550. The Labute approximate surface area is 118 Å². The second-order valence-corrected chi connectivity index (χ2v) is 5.47. The van der Waals surface area contributed by atoms with Crippen molar-refractivity contribution in [2.24, 2.45) is 0 Å². The second kappa shape index (κ2) is 4.09. The van der Waals surface area contributed by atoms with Crippen molar-refractivity contribution in [2.75, 3.05) is 0 Å². The Morgan fingerprint density at radius 1 is 0.750 bits per heavy atom. The van der Waals surface area contributed by atoms with Crippen LogP contribution < -0.4 is 11.1 Å². The molecule has 96 valence electrons. The molecule has 4 heterocycles. The van der Waals surface area contributed by atoms with Crippen molar-refractivity contribution in [1.82, 2.24) is 19.9 Å². The van der Waals surface area contributed by atoms with Gasteiger partial charge in [-0.15, -0.1) is 22.7 Å². The third-order valence-corrected chi connectivity index (χ3v) is 4.10. The zero-order chi connectivity index (χ0) is 13.7. The fraction of sp³-hybridized carbons (Fsp3) is 0. The molecule has 0 N–H and O–H groups in total. The minimum Gasteiger partial charge on any atom is -0.267 e. The van der Waals surface area contributed by atoms with E-state index in [1.807, 2.05) is 0 Å². The van der Waals surface area contributed by atoms with E-state index >= 15 is 0 Å². The Hall–Kier alpha value is -2.32. The number of hydrogen-bond donors (Lipinski definition) is 0. The molecule has 2 aromatic heterocycles. The van der Waals surface area contributed by atoms with Gasteiger partial charge in [0.25, 0.3) is 11.1 Å². The van der Waals surface area contributed by atoms with Gasteiger partial charge in [-0.05, 0) is 0 Å². The molecule has 0 bridgehead atoms. The van der Waals surface area contributed by atoms with Gasteiger partial charge >= 0.3 is 0 Å². The molecule has 2 aromatic rings. The van der Waals surface area contributed by atoms with E-state index < -0.39 is 11.1 Å². The minimum atomic E-state index is -0.458. The van der Waals surface area contributed by atoms with E-state index in [1.54, 1.807) is 21.8 Å². The van der Waals surface area contributed by atoms with Crippen LogP contribution in [0.15, 0.2) is 31.4 Å². The van der Waals surface area contributed by atoms with Gasteiger partial charge in [-0.2, -0.15) is 0 Å². The van der Waals surface area contributed by atoms with Crippen LogP contribution in [0.5, 0.6) is 0 Å². The molecule has 8 heteroatoms. The lowest BCUT2D eigenvalue weighted by Crippen LogP contribution is -2.04. The average Bonchev–Trinajstić information content (AvgIpc) is 3.17. The first-order valence-electron chi connectivity index (χ1n) is 5.54. The Bertz CT molecular complexity index is 946. The van der Waals surface area contributed by atoms with Crippen LogP contribution in [0.1, 0.15) is 0 Å². The molecule has 2 aliphatic rings. The van der Waals surface area contributed by atoms with Crippen molar-refractivity contribution in [3.05, 3.63) is 52.9 Å². The third kappa shape index (κ3) is 1.49. The smallest absolute Gasteiger partial charge is 0.267 e. The summed E-state index contributed by atoms with van der Waals surface area (Å²) in [6.45, 7) is 0. The van der Waals surface area contributed by atoms with Gasteiger partial charge in [-0.3, -0.25) is 9.59 Å². The largest absolute Gasteiger partial charge is 0.280 e. The van der Waals surface area contributed by atoms with E-state index in [9.17, 15) is 9.59 Å². The highest BCUT2D eigenvalue weighted by atomic mass is 32.1. The van der Waals surface area contributed by atoms with Crippen LogP contribution in [0.25, 0.3) is 22.8 Å². The highest BCUT2D eigenvalue weighted by molar-refractivity contribution is 7.08. The topological polar surface area (TPSA) is 85.7 Å². The summed E-state index contributed by atoms with van der Waals surface area (Å²) in [5, 5.41) is 3.97. The van der Waals surface area contributed by atoms with Crippen molar-refractivity contribution < 1.29 is 0 Å². The zero-order valence-corrected chi connectivity index (χ0v) is 11.4. The summed E-state index contributed by atoms with van der Waals surface area (Å²) in [7, 11) is 0. The van der Waals surface area contributed by atoms with Gasteiger partial charge in [0, 0.05) is 10.8 Å². The van der Waals surface area contributed by atoms with Gasteiger partial charge in [0.05, 0.1) is 21.5 Å². The lowest BCUT2D eigenvalue weighted by molar-refractivity contribution is 1.20. The van der Waals surface area contributed by atoms with E-state index in [0.717, 1.165) is 0 Å². The summed E-state index contributed by atoms with van der Waals surface area (Å²) in [6, 6.07) is 0. The van der Waals surface area contributed by atoms with E-state index in [-0.39, 0.29) is 10.4 Å². The maximum absolute atomic E-state index is 12.1. The summed E-state index contributed by atoms with van der Waals surface area (Å²) in [6.07, 6.45) is 0. The summed E-state index contributed by atoms with van der Waals surface area (Å²) in [4.78, 5) is 40.3. The van der Waals surface area contributed by atoms with Crippen LogP contribution in [0.2, 0.25) is 0 Å². The van der Waals surface area contributed by atoms with Crippen LogP contribution in [0.3, 0.4) is 0 Å². The predicted octanol–water partition coefficient (Wildman–Crippen LogP) is 1.04. The standard InChI is InChI=1S/C12H4N4O2S2/c17-11-7-8(10(16-11)6-2-20-4-14-6)12(18)15-9(7)5-1-19-3-13-5/h1-4H. The molecule has 20 heavy (non-hydrogen) atoms. The Balaban J connectivity index is 2.17. The molecular formula is C12H4N4O2S2. The fourth-order valence-electron chi connectivity index (χ4n) is 2.11. The monoisotopic (exact) mass is 300 g/mol. The number of nitrogens with zero attached hydrogens (tertiary/aromatic N) is 4. The first-order valence-corrected chi connectivity index (χ1v) is 7.42. The second-order valence-electron chi connectivity index (χ2n) is 4.03. The van der Waals surface area contributed by atoms with Gasteiger partial charge in [-0.25, -0.2) is 19.9 Å². The number of thiazole rings is 2. The molecule has 0 amide bonds. The third-order valence-electron chi connectivity index (χ3n) is 2.93. The normalized spacial score (nSPS) is 11.4. The molecule has 0 fully saturated rings. The van der Waals surface area contributed by atoms with E-state index in [2.05, 4.69) is 19.9 Å². The van der Waals surface area contributed by atoms with Crippen molar-refractivity contribution in [3.63, 3.8) is 0 Å². The van der Waals surface area contributed by atoms with Crippen molar-refractivity contribution in [3.8, 4) is 22.8 Å². The summed E-state index contributed by atoms with van der Waals surface area (Å²) in [5.74, 6) is 0. The van der Waals surface area contributed by atoms with Crippen LogP contribution in [0, 0.1) is 10.4 Å². The van der Waals surface area contributed by atoms with Gasteiger partial charge in [0.2, 0.25) is 0 Å². The Morgan fingerprint density at radius 2 is 1.20 bits per heavy atom. The lowest BCUT2D eigenvalue weighted by Gasteiger charge is -1.86. The molecule has 0 unspecified atom stereocenters. The maximum atomic E-state index is 12.1. The Morgan fingerprint density at radius 3 is 1.55 bits per heavy atom. The molecule has 6 nitrogen and oxygen atoms in total. The molecule has 2 aliphatic heterocycles.